The third-order valence-electron chi connectivity index (χ3n) is 5.72. The van der Waals surface area contributed by atoms with Gasteiger partial charge in [0.2, 0.25) is 11.8 Å². The average molecular weight is 515 g/mol. The summed E-state index contributed by atoms with van der Waals surface area (Å²) < 4.78 is 13.5. The fraction of sp³-hybridized carbons (Fsp3) is 0.286. The zero-order valence-electron chi connectivity index (χ0n) is 19.6. The zero-order chi connectivity index (χ0) is 25.2. The molecule has 0 radical (unpaired) electrons. The molecule has 0 aromatic heterocycles. The number of nitrogens with zero attached hydrogens (tertiary/aromatic N) is 1. The van der Waals surface area contributed by atoms with Gasteiger partial charge in [0.05, 0.1) is 6.42 Å². The molecule has 0 spiro atoms. The molecule has 0 unspecified atom stereocenters. The quantitative estimate of drug-likeness (QED) is 0.308. The molecule has 0 aliphatic heterocycles. The Morgan fingerprint density at radius 1 is 0.971 bits per heavy atom. The molecule has 3 aromatic carbocycles. The topological polar surface area (TPSA) is 49.4 Å². The Labute approximate surface area is 216 Å². The van der Waals surface area contributed by atoms with Crippen molar-refractivity contribution in [3.8, 4) is 0 Å². The lowest BCUT2D eigenvalue weighted by atomic mass is 10.0. The maximum absolute atomic E-state index is 13.7. The van der Waals surface area contributed by atoms with Gasteiger partial charge in [0.25, 0.3) is 0 Å². The molecule has 4 nitrogen and oxygen atoms in total. The van der Waals surface area contributed by atoms with Gasteiger partial charge in [-0.05, 0) is 47.4 Å². The maximum atomic E-state index is 13.7. The highest BCUT2D eigenvalue weighted by Gasteiger charge is 2.30. The van der Waals surface area contributed by atoms with Crippen LogP contribution in [-0.4, -0.2) is 29.3 Å². The van der Waals surface area contributed by atoms with Crippen LogP contribution in [0.25, 0.3) is 0 Å². The molecule has 0 saturated carbocycles. The van der Waals surface area contributed by atoms with Gasteiger partial charge in [-0.15, -0.1) is 0 Å². The molecule has 1 atom stereocenters. The van der Waals surface area contributed by atoms with Crippen LogP contribution in [0.15, 0.2) is 72.8 Å². The van der Waals surface area contributed by atoms with Crippen molar-refractivity contribution in [1.29, 1.82) is 0 Å². The van der Waals surface area contributed by atoms with Crippen molar-refractivity contribution in [2.45, 2.75) is 45.2 Å². The molecule has 3 rings (SSSR count). The van der Waals surface area contributed by atoms with Crippen molar-refractivity contribution in [2.24, 2.45) is 0 Å². The lowest BCUT2D eigenvalue weighted by Crippen LogP contribution is -2.51. The van der Waals surface area contributed by atoms with Crippen LogP contribution in [0.4, 0.5) is 4.39 Å². The summed E-state index contributed by atoms with van der Waals surface area (Å²) in [6.45, 7) is 2.74. The van der Waals surface area contributed by atoms with Gasteiger partial charge in [-0.1, -0.05) is 85.1 Å². The third kappa shape index (κ3) is 8.08. The van der Waals surface area contributed by atoms with E-state index in [4.69, 9.17) is 23.2 Å². The lowest BCUT2D eigenvalue weighted by molar-refractivity contribution is -0.140. The first-order chi connectivity index (χ1) is 16.9. The Hall–Kier alpha value is -2.89. The molecule has 184 valence electrons. The van der Waals surface area contributed by atoms with Gasteiger partial charge in [-0.2, -0.15) is 0 Å². The summed E-state index contributed by atoms with van der Waals surface area (Å²) in [6.07, 6.45) is 2.14. The smallest absolute Gasteiger partial charge is 0.243 e. The van der Waals surface area contributed by atoms with Crippen LogP contribution in [0, 0.1) is 5.82 Å². The Balaban J connectivity index is 1.95. The van der Waals surface area contributed by atoms with Crippen LogP contribution in [0.3, 0.4) is 0 Å². The number of nitrogens with one attached hydrogen (secondary N) is 1. The SMILES string of the molecule is CCCCNC(=O)[C@@H](Cc1ccccc1)N(Cc1ccc(F)cc1)C(=O)Cc1ccc(Cl)cc1Cl. The van der Waals surface area contributed by atoms with Crippen molar-refractivity contribution >= 4 is 35.0 Å². The van der Waals surface area contributed by atoms with Crippen molar-refractivity contribution in [3.05, 3.63) is 105 Å². The number of unbranched alkanes of at least 4 members (excludes halogenated alkanes) is 1. The summed E-state index contributed by atoms with van der Waals surface area (Å²) in [4.78, 5) is 28.6. The number of carbonyl (C=O) groups excluding carboxylic acids is 2. The van der Waals surface area contributed by atoms with Crippen LogP contribution in [-0.2, 0) is 29.0 Å². The van der Waals surface area contributed by atoms with Crippen LogP contribution < -0.4 is 5.32 Å². The van der Waals surface area contributed by atoms with Gasteiger partial charge < -0.3 is 10.2 Å². The minimum Gasteiger partial charge on any atom is -0.354 e. The van der Waals surface area contributed by atoms with Gasteiger partial charge in [-0.25, -0.2) is 4.39 Å². The number of rotatable bonds is 11. The van der Waals surface area contributed by atoms with Crippen molar-refractivity contribution < 1.29 is 14.0 Å². The van der Waals surface area contributed by atoms with Gasteiger partial charge in [-0.3, -0.25) is 9.59 Å². The summed E-state index contributed by atoms with van der Waals surface area (Å²) >= 11 is 12.4. The fourth-order valence-corrected chi connectivity index (χ4v) is 4.25. The molecule has 3 aromatic rings. The number of hydrogen-bond donors (Lipinski definition) is 1. The summed E-state index contributed by atoms with van der Waals surface area (Å²) in [5, 5.41) is 3.85. The van der Waals surface area contributed by atoms with E-state index in [1.807, 2.05) is 37.3 Å². The number of carbonyl (C=O) groups is 2. The van der Waals surface area contributed by atoms with Gasteiger partial charge in [0, 0.05) is 29.6 Å². The summed E-state index contributed by atoms with van der Waals surface area (Å²) in [5.74, 6) is -0.845. The van der Waals surface area contributed by atoms with E-state index in [0.29, 0.717) is 28.6 Å². The second kappa shape index (κ2) is 13.3. The van der Waals surface area contributed by atoms with Crippen molar-refractivity contribution in [1.82, 2.24) is 10.2 Å². The maximum Gasteiger partial charge on any atom is 0.243 e. The van der Waals surface area contributed by atoms with E-state index in [1.165, 1.54) is 12.1 Å². The number of amides is 2. The Kier molecular flexibility index (Phi) is 10.1. The Bertz CT molecular complexity index is 1120. The van der Waals surface area contributed by atoms with Crippen LogP contribution in [0.1, 0.15) is 36.5 Å². The number of benzene rings is 3. The van der Waals surface area contributed by atoms with E-state index in [2.05, 4.69) is 5.32 Å². The highest BCUT2D eigenvalue weighted by molar-refractivity contribution is 6.35. The molecule has 0 bridgehead atoms. The molecule has 2 amide bonds. The first-order valence-electron chi connectivity index (χ1n) is 11.7. The largest absolute Gasteiger partial charge is 0.354 e. The van der Waals surface area contributed by atoms with E-state index >= 15 is 0 Å². The molecule has 0 saturated heterocycles. The normalized spacial score (nSPS) is 11.7. The molecule has 7 heteroatoms. The van der Waals surface area contributed by atoms with Crippen molar-refractivity contribution in [2.75, 3.05) is 6.54 Å². The van der Waals surface area contributed by atoms with E-state index in [1.54, 1.807) is 35.2 Å². The highest BCUT2D eigenvalue weighted by Crippen LogP contribution is 2.23. The number of halogens is 3. The highest BCUT2D eigenvalue weighted by atomic mass is 35.5. The van der Waals surface area contributed by atoms with Crippen LogP contribution in [0.2, 0.25) is 10.0 Å². The first kappa shape index (κ1) is 26.7. The average Bonchev–Trinajstić information content (AvgIpc) is 2.85. The second-order valence-electron chi connectivity index (χ2n) is 8.41. The van der Waals surface area contributed by atoms with E-state index in [9.17, 15) is 14.0 Å². The summed E-state index contributed by atoms with van der Waals surface area (Å²) in [6, 6.07) is 19.8. The molecular formula is C28H29Cl2FN2O2. The monoisotopic (exact) mass is 514 g/mol. The fourth-order valence-electron chi connectivity index (χ4n) is 3.78. The minimum absolute atomic E-state index is 0.00469. The van der Waals surface area contributed by atoms with E-state index in [-0.39, 0.29) is 30.6 Å². The molecule has 0 aliphatic rings. The Morgan fingerprint density at radius 2 is 1.69 bits per heavy atom. The second-order valence-corrected chi connectivity index (χ2v) is 9.25. The first-order valence-corrected chi connectivity index (χ1v) is 12.4. The minimum atomic E-state index is -0.752. The molecule has 0 aliphatic carbocycles. The summed E-state index contributed by atoms with van der Waals surface area (Å²) in [5.41, 5.74) is 2.28. The van der Waals surface area contributed by atoms with Gasteiger partial charge in [0.15, 0.2) is 0 Å². The standard InChI is InChI=1S/C28H29Cl2FN2O2/c1-2-3-15-32-28(35)26(16-20-7-5-4-6-8-20)33(19-21-9-13-24(31)14-10-21)27(34)17-22-11-12-23(29)18-25(22)30/h4-14,18,26H,2-3,15-17,19H2,1H3,(H,32,35)/t26-/m1/s1. The molecule has 35 heavy (non-hydrogen) atoms. The molecule has 1 N–H and O–H groups in total. The molecular weight excluding hydrogens is 486 g/mol. The van der Waals surface area contributed by atoms with Crippen LogP contribution in [0.5, 0.6) is 0 Å². The number of hydrogen-bond acceptors (Lipinski definition) is 2. The Morgan fingerprint density at radius 3 is 2.34 bits per heavy atom. The van der Waals surface area contributed by atoms with E-state index < -0.39 is 6.04 Å². The van der Waals surface area contributed by atoms with Gasteiger partial charge >= 0.3 is 0 Å². The predicted molar refractivity (Wildman–Crippen MR) is 139 cm³/mol. The van der Waals surface area contributed by atoms with E-state index in [0.717, 1.165) is 24.0 Å². The third-order valence-corrected chi connectivity index (χ3v) is 6.31. The van der Waals surface area contributed by atoms with Gasteiger partial charge in [0.1, 0.15) is 11.9 Å². The molecule has 0 heterocycles. The zero-order valence-corrected chi connectivity index (χ0v) is 21.2. The lowest BCUT2D eigenvalue weighted by Gasteiger charge is -2.32. The molecule has 0 fully saturated rings. The van der Waals surface area contributed by atoms with Crippen LogP contribution >= 0.6 is 23.2 Å². The van der Waals surface area contributed by atoms with Crippen molar-refractivity contribution in [3.63, 3.8) is 0 Å². The summed E-state index contributed by atoms with van der Waals surface area (Å²) in [7, 11) is 0. The predicted octanol–water partition coefficient (Wildman–Crippen LogP) is 6.23.